The van der Waals surface area contributed by atoms with Gasteiger partial charge in [0.1, 0.15) is 25.5 Å². The van der Waals surface area contributed by atoms with Crippen molar-refractivity contribution in [2.75, 3.05) is 54.1 Å². The topological polar surface area (TPSA) is 100 Å². The lowest BCUT2D eigenvalue weighted by Gasteiger charge is -2.24. The Morgan fingerprint density at radius 2 is 1.36 bits per heavy atom. The van der Waals surface area contributed by atoms with E-state index in [1.165, 1.54) is 96.2 Å². The molecule has 1 N–H and O–H groups in total. The predicted molar refractivity (Wildman–Crippen MR) is 156 cm³/mol. The molecule has 0 radical (unpaired) electrons. The van der Waals surface area contributed by atoms with Crippen molar-refractivity contribution in [1.82, 2.24) is 5.16 Å². The third-order valence-electron chi connectivity index (χ3n) is 6.59. The minimum atomic E-state index is -4.19. The number of hydrogen-bond acceptors (Lipinski definition) is 7. The van der Waals surface area contributed by atoms with Crippen LogP contribution in [-0.2, 0) is 18.3 Å². The molecule has 10 heteroatoms. The van der Waals surface area contributed by atoms with Gasteiger partial charge in [-0.2, -0.15) is 0 Å². The van der Waals surface area contributed by atoms with Crippen molar-refractivity contribution in [1.29, 1.82) is 0 Å². The second kappa shape index (κ2) is 22.7. The quantitative estimate of drug-likeness (QED) is 0.0619. The zero-order valence-electron chi connectivity index (χ0n) is 25.3. The molecule has 0 amide bonds. The number of aromatic nitrogens is 1. The Bertz CT molecular complexity index is 713. The van der Waals surface area contributed by atoms with Crippen molar-refractivity contribution in [2.45, 2.75) is 116 Å². The fraction of sp³-hybridized carbons (Fsp3) is 0.897. The predicted octanol–water partition coefficient (Wildman–Crippen LogP) is 7.54. The molecular weight excluding hydrogens is 519 g/mol. The molecule has 0 aliphatic rings. The third kappa shape index (κ3) is 23.4. The second-order valence-electron chi connectivity index (χ2n) is 11.6. The summed E-state index contributed by atoms with van der Waals surface area (Å²) in [7, 11) is 1.74. The molecule has 2 atom stereocenters. The van der Waals surface area contributed by atoms with E-state index in [1.807, 2.05) is 21.1 Å². The lowest BCUT2D eigenvalue weighted by Crippen LogP contribution is -2.37. The molecule has 9 nitrogen and oxygen atoms in total. The van der Waals surface area contributed by atoms with E-state index >= 15 is 0 Å². The van der Waals surface area contributed by atoms with Gasteiger partial charge < -0.3 is 23.4 Å². The number of ether oxygens (including phenoxy) is 2. The fourth-order valence-electron chi connectivity index (χ4n) is 4.16. The zero-order chi connectivity index (χ0) is 28.7. The van der Waals surface area contributed by atoms with Gasteiger partial charge in [0.2, 0.25) is 0 Å². The highest BCUT2D eigenvalue weighted by Crippen LogP contribution is 2.43. The Morgan fingerprint density at radius 3 is 1.85 bits per heavy atom. The maximum Gasteiger partial charge on any atom is 0.472 e. The molecule has 0 aliphatic heterocycles. The maximum absolute atomic E-state index is 12.2. The molecule has 1 aromatic heterocycles. The van der Waals surface area contributed by atoms with E-state index in [0.29, 0.717) is 17.6 Å². The summed E-state index contributed by atoms with van der Waals surface area (Å²) in [5.41, 5.74) is 0. The first kappa shape index (κ1) is 36.1. The van der Waals surface area contributed by atoms with Crippen LogP contribution in [0.3, 0.4) is 0 Å². The van der Waals surface area contributed by atoms with Crippen LogP contribution in [0.15, 0.2) is 16.9 Å². The van der Waals surface area contributed by atoms with Crippen LogP contribution in [0.1, 0.15) is 110 Å². The largest absolute Gasteiger partial charge is 0.472 e. The number of phosphoric ester groups is 1. The number of phosphoric acid groups is 1. The second-order valence-corrected chi connectivity index (χ2v) is 13.0. The van der Waals surface area contributed by atoms with Crippen LogP contribution in [0.5, 0.6) is 5.88 Å². The highest BCUT2D eigenvalue weighted by atomic mass is 31.2. The van der Waals surface area contributed by atoms with E-state index in [1.54, 1.807) is 6.07 Å². The van der Waals surface area contributed by atoms with Crippen molar-refractivity contribution in [3.63, 3.8) is 0 Å². The van der Waals surface area contributed by atoms with E-state index in [2.05, 4.69) is 12.1 Å². The summed E-state index contributed by atoms with van der Waals surface area (Å²) < 4.78 is 39.3. The van der Waals surface area contributed by atoms with Crippen LogP contribution >= 0.6 is 7.82 Å². The van der Waals surface area contributed by atoms with Crippen LogP contribution in [0.2, 0.25) is 0 Å². The van der Waals surface area contributed by atoms with Crippen LogP contribution in [0.25, 0.3) is 0 Å². The van der Waals surface area contributed by atoms with Gasteiger partial charge in [-0.15, -0.1) is 0 Å². The Kier molecular flexibility index (Phi) is 21.0. The molecule has 0 saturated heterocycles. The Hall–Kier alpha value is -0.960. The molecule has 1 heterocycles. The van der Waals surface area contributed by atoms with Crippen LogP contribution in [-0.4, -0.2) is 74.8 Å². The summed E-state index contributed by atoms with van der Waals surface area (Å²) in [4.78, 5) is 9.99. The molecule has 1 aromatic rings. The molecule has 2 unspecified atom stereocenters. The van der Waals surface area contributed by atoms with Gasteiger partial charge in [0.15, 0.2) is 0 Å². The number of quaternary nitrogens is 1. The van der Waals surface area contributed by atoms with Crippen molar-refractivity contribution >= 4 is 7.82 Å². The lowest BCUT2D eigenvalue weighted by atomic mass is 10.0. The van der Waals surface area contributed by atoms with Crippen LogP contribution in [0.4, 0.5) is 0 Å². The Balaban J connectivity index is 2.07. The number of rotatable bonds is 28. The van der Waals surface area contributed by atoms with Gasteiger partial charge in [-0.1, -0.05) is 103 Å². The monoisotopic (exact) mass is 577 g/mol. The Morgan fingerprint density at radius 1 is 0.821 bits per heavy atom. The van der Waals surface area contributed by atoms with Crippen molar-refractivity contribution in [3.8, 4) is 5.88 Å². The first-order valence-electron chi connectivity index (χ1n) is 15.3. The molecule has 0 aliphatic carbocycles. The standard InChI is InChI=1S/C29H57N2O7P/c1-5-6-7-8-9-10-11-12-13-14-15-16-17-18-19-20-23-34-26-28(38-29-21-24-35-30-29)27-37-39(32,33)36-25-22-31(2,3)4/h21,24,28H,5-20,22-23,25-27H2,1-4H3/p+1. The first-order chi connectivity index (χ1) is 18.7. The smallest absolute Gasteiger partial charge is 0.467 e. The van der Waals surface area contributed by atoms with E-state index < -0.39 is 13.9 Å². The number of nitrogens with zero attached hydrogens (tertiary/aromatic N) is 2. The summed E-state index contributed by atoms with van der Waals surface area (Å²) in [6.45, 7) is 3.62. The van der Waals surface area contributed by atoms with E-state index in [4.69, 9.17) is 23.0 Å². The summed E-state index contributed by atoms with van der Waals surface area (Å²) >= 11 is 0. The molecule has 0 aromatic carbocycles. The summed E-state index contributed by atoms with van der Waals surface area (Å²) in [6, 6.07) is 1.57. The molecular formula is C29H58N2O7P+. The lowest BCUT2D eigenvalue weighted by molar-refractivity contribution is -0.870. The number of hydrogen-bond donors (Lipinski definition) is 1. The highest BCUT2D eigenvalue weighted by molar-refractivity contribution is 7.47. The van der Waals surface area contributed by atoms with E-state index in [9.17, 15) is 9.46 Å². The molecule has 230 valence electrons. The van der Waals surface area contributed by atoms with Gasteiger partial charge in [0.05, 0.1) is 34.4 Å². The van der Waals surface area contributed by atoms with Gasteiger partial charge in [-0.25, -0.2) is 4.57 Å². The zero-order valence-corrected chi connectivity index (χ0v) is 26.2. The Labute approximate surface area is 238 Å². The van der Waals surface area contributed by atoms with E-state index in [-0.39, 0.29) is 25.7 Å². The minimum Gasteiger partial charge on any atom is -0.467 e. The summed E-state index contributed by atoms with van der Waals surface area (Å²) in [5.74, 6) is 0.272. The van der Waals surface area contributed by atoms with Gasteiger partial charge in [-0.3, -0.25) is 9.05 Å². The number of unbranched alkanes of at least 4 members (excludes halogenated alkanes) is 15. The van der Waals surface area contributed by atoms with Gasteiger partial charge in [0, 0.05) is 12.7 Å². The molecule has 0 saturated carbocycles. The van der Waals surface area contributed by atoms with Crippen molar-refractivity contribution < 1.29 is 37.0 Å². The number of likely N-dealkylation sites (N-methyl/N-ethyl adjacent to an activating group) is 1. The maximum atomic E-state index is 12.2. The van der Waals surface area contributed by atoms with Crippen molar-refractivity contribution in [2.24, 2.45) is 0 Å². The molecule has 0 bridgehead atoms. The average Bonchev–Trinajstić information content (AvgIpc) is 3.38. The van der Waals surface area contributed by atoms with Gasteiger partial charge in [0.25, 0.3) is 5.88 Å². The normalized spacial score (nSPS) is 14.4. The van der Waals surface area contributed by atoms with Crippen molar-refractivity contribution in [3.05, 3.63) is 12.3 Å². The first-order valence-corrected chi connectivity index (χ1v) is 16.8. The fourth-order valence-corrected chi connectivity index (χ4v) is 4.90. The average molecular weight is 578 g/mol. The summed E-state index contributed by atoms with van der Waals surface area (Å²) in [5, 5.41) is 3.73. The molecule has 0 spiro atoms. The minimum absolute atomic E-state index is 0.113. The molecule has 39 heavy (non-hydrogen) atoms. The molecule has 1 rings (SSSR count). The van der Waals surface area contributed by atoms with Crippen LogP contribution in [0, 0.1) is 0 Å². The highest BCUT2D eigenvalue weighted by Gasteiger charge is 2.25. The van der Waals surface area contributed by atoms with E-state index in [0.717, 1.165) is 12.8 Å². The van der Waals surface area contributed by atoms with Crippen LogP contribution < -0.4 is 4.74 Å². The SMILES string of the molecule is CCCCCCCCCCCCCCCCCCOCC(COP(=O)(O)OCC[N+](C)(C)C)Oc1ccon1. The summed E-state index contributed by atoms with van der Waals surface area (Å²) in [6.07, 6.45) is 22.0. The van der Waals surface area contributed by atoms with Gasteiger partial charge in [-0.05, 0) is 11.6 Å². The third-order valence-corrected chi connectivity index (χ3v) is 7.57. The molecule has 0 fully saturated rings. The van der Waals surface area contributed by atoms with Gasteiger partial charge >= 0.3 is 7.82 Å².